The molecule has 90 valence electrons. The Morgan fingerprint density at radius 3 is 1.74 bits per heavy atom. The van der Waals surface area contributed by atoms with Gasteiger partial charge in [-0.2, -0.15) is 8.75 Å². The summed E-state index contributed by atoms with van der Waals surface area (Å²) in [5.74, 6) is 0. The molecule has 0 N–H and O–H groups in total. The third-order valence-corrected chi connectivity index (χ3v) is 5.08. The zero-order valence-corrected chi connectivity index (χ0v) is 12.0. The van der Waals surface area contributed by atoms with Crippen LogP contribution >= 0.6 is 34.1 Å². The highest BCUT2D eigenvalue weighted by molar-refractivity contribution is 7.98. The fourth-order valence-corrected chi connectivity index (χ4v) is 3.96. The molecule has 19 heavy (non-hydrogen) atoms. The molecule has 1 aromatic carbocycles. The predicted octanol–water partition coefficient (Wildman–Crippen LogP) is 2.43. The molecule has 0 atom stereocenters. The molecule has 2 aromatic rings. The van der Waals surface area contributed by atoms with Crippen molar-refractivity contribution < 1.29 is 0 Å². The van der Waals surface area contributed by atoms with E-state index in [-0.39, 0.29) is 0 Å². The van der Waals surface area contributed by atoms with Crippen molar-refractivity contribution >= 4 is 54.9 Å². The van der Waals surface area contributed by atoms with Gasteiger partial charge in [0.1, 0.15) is 11.0 Å². The summed E-state index contributed by atoms with van der Waals surface area (Å²) in [5.41, 5.74) is 1.96. The van der Waals surface area contributed by atoms with Crippen LogP contribution in [0.25, 0.3) is 20.8 Å². The Bertz CT molecular complexity index is 936. The smallest absolute Gasteiger partial charge is 0.114 e. The summed E-state index contributed by atoms with van der Waals surface area (Å²) < 4.78 is 8.93. The van der Waals surface area contributed by atoms with E-state index in [9.17, 15) is 0 Å². The first-order valence-electron chi connectivity index (χ1n) is 5.61. The van der Waals surface area contributed by atoms with Crippen molar-refractivity contribution in [3.63, 3.8) is 0 Å². The molecule has 2 aliphatic rings. The van der Waals surface area contributed by atoms with E-state index in [1.807, 2.05) is 12.2 Å². The van der Waals surface area contributed by atoms with Gasteiger partial charge in [-0.3, -0.25) is 0 Å². The van der Waals surface area contributed by atoms with E-state index in [1.165, 1.54) is 21.5 Å². The SMILES string of the molecule is C1#S/C(=c2/cc/c(=C3/C=CC#S3)c3nsnc23)C=C1. The second-order valence-electron chi connectivity index (χ2n) is 3.96. The summed E-state index contributed by atoms with van der Waals surface area (Å²) in [6.07, 6.45) is 8.01. The predicted molar refractivity (Wildman–Crippen MR) is 84.7 cm³/mol. The van der Waals surface area contributed by atoms with E-state index < -0.39 is 0 Å². The number of rotatable bonds is 0. The lowest BCUT2D eigenvalue weighted by Gasteiger charge is -1.95. The molecule has 0 bridgehead atoms. The van der Waals surface area contributed by atoms with Gasteiger partial charge in [-0.05, 0) is 24.3 Å². The van der Waals surface area contributed by atoms with E-state index in [0.717, 1.165) is 21.5 Å². The molecule has 0 saturated carbocycles. The van der Waals surface area contributed by atoms with Crippen LogP contribution < -0.4 is 10.4 Å². The summed E-state index contributed by atoms with van der Waals surface area (Å²) in [4.78, 5) is 2.36. The maximum atomic E-state index is 4.46. The molecule has 0 fully saturated rings. The van der Waals surface area contributed by atoms with E-state index >= 15 is 0 Å². The second kappa shape index (κ2) is 4.42. The minimum atomic E-state index is 0.978. The molecule has 2 aliphatic heterocycles. The van der Waals surface area contributed by atoms with E-state index in [4.69, 9.17) is 0 Å². The third kappa shape index (κ3) is 1.77. The number of fused-ring (bicyclic) bond motifs is 1. The van der Waals surface area contributed by atoms with Crippen molar-refractivity contribution in [1.29, 1.82) is 0 Å². The normalized spacial score (nSPS) is 21.3. The van der Waals surface area contributed by atoms with Crippen LogP contribution in [0.3, 0.4) is 0 Å². The van der Waals surface area contributed by atoms with Gasteiger partial charge in [0.05, 0.1) is 11.7 Å². The lowest BCUT2D eigenvalue weighted by atomic mass is 10.2. The first-order chi connectivity index (χ1) is 9.43. The molecular formula is C14H6N2S3. The molecule has 0 saturated heterocycles. The van der Waals surface area contributed by atoms with Crippen LogP contribution in [0.4, 0.5) is 0 Å². The van der Waals surface area contributed by atoms with Crippen molar-refractivity contribution in [2.75, 3.05) is 0 Å². The average Bonchev–Trinajstić information content (AvgIpc) is 3.19. The summed E-state index contributed by atoms with van der Waals surface area (Å²) >= 11 is 4.48. The Morgan fingerprint density at radius 2 is 1.32 bits per heavy atom. The van der Waals surface area contributed by atoms with Crippen LogP contribution in [0.2, 0.25) is 0 Å². The molecule has 5 heteroatoms. The number of hydrogen-bond acceptors (Lipinski definition) is 3. The van der Waals surface area contributed by atoms with Crippen molar-refractivity contribution in [1.82, 2.24) is 8.75 Å². The Balaban J connectivity index is 2.22. The Labute approximate surface area is 121 Å². The minimum Gasteiger partial charge on any atom is -0.172 e. The van der Waals surface area contributed by atoms with Crippen LogP contribution in [0.15, 0.2) is 36.4 Å². The van der Waals surface area contributed by atoms with Gasteiger partial charge < -0.3 is 0 Å². The second-order valence-corrected chi connectivity index (χ2v) is 6.24. The van der Waals surface area contributed by atoms with E-state index in [2.05, 4.69) is 43.4 Å². The fourth-order valence-electron chi connectivity index (χ4n) is 2.04. The van der Waals surface area contributed by atoms with Crippen molar-refractivity contribution in [3.8, 4) is 10.4 Å². The monoisotopic (exact) mass is 298 g/mol. The molecule has 4 rings (SSSR count). The fraction of sp³-hybridized carbons (Fsp3) is 0. The number of hydrogen-bond donors (Lipinski definition) is 0. The van der Waals surface area contributed by atoms with Gasteiger partial charge in [0.2, 0.25) is 0 Å². The largest absolute Gasteiger partial charge is 0.172 e. The van der Waals surface area contributed by atoms with Crippen LogP contribution in [-0.2, 0) is 0 Å². The lowest BCUT2D eigenvalue weighted by Crippen LogP contribution is -2.13. The van der Waals surface area contributed by atoms with E-state index in [0.29, 0.717) is 0 Å². The number of benzene rings is 1. The molecule has 0 unspecified atom stereocenters. The van der Waals surface area contributed by atoms with Gasteiger partial charge in [-0.25, -0.2) is 0 Å². The Morgan fingerprint density at radius 1 is 0.789 bits per heavy atom. The maximum absolute atomic E-state index is 4.46. The van der Waals surface area contributed by atoms with Crippen LogP contribution in [-0.4, -0.2) is 8.75 Å². The van der Waals surface area contributed by atoms with Crippen molar-refractivity contribution in [2.24, 2.45) is 0 Å². The van der Waals surface area contributed by atoms with Gasteiger partial charge in [0.25, 0.3) is 0 Å². The number of aromatic nitrogens is 2. The first kappa shape index (κ1) is 11.1. The topological polar surface area (TPSA) is 25.8 Å². The molecule has 2 nitrogen and oxygen atoms in total. The highest BCUT2D eigenvalue weighted by Crippen LogP contribution is 2.16. The van der Waals surface area contributed by atoms with Crippen LogP contribution in [0.1, 0.15) is 0 Å². The maximum Gasteiger partial charge on any atom is 0.114 e. The molecular weight excluding hydrogens is 292 g/mol. The molecule has 0 amide bonds. The molecule has 3 heterocycles. The summed E-state index contributed by atoms with van der Waals surface area (Å²) in [6.45, 7) is 0. The van der Waals surface area contributed by atoms with Gasteiger partial charge in [0.15, 0.2) is 0 Å². The Kier molecular flexibility index (Phi) is 2.59. The zero-order valence-electron chi connectivity index (χ0n) is 9.58. The molecule has 0 radical (unpaired) electrons. The standard InChI is InChI=1S/C14H6N2S3/c1-3-11(17-7-1)9-5-6-10(12-4-2-8-18-12)14-13(9)15-19-16-14/h1-6H/b11-9-,12-10+. The number of nitrogens with zero attached hydrogens (tertiary/aromatic N) is 2. The lowest BCUT2D eigenvalue weighted by molar-refractivity contribution is 1.54. The highest BCUT2D eigenvalue weighted by Gasteiger charge is 2.07. The minimum absolute atomic E-state index is 0.978. The summed E-state index contributed by atoms with van der Waals surface area (Å²) in [7, 11) is 0. The first-order valence-corrected chi connectivity index (χ1v) is 7.97. The zero-order chi connectivity index (χ0) is 12.7. The highest BCUT2D eigenvalue weighted by atomic mass is 32.1. The summed E-state index contributed by atoms with van der Waals surface area (Å²) in [5, 5.41) is 8.52. The Hall–Kier alpha value is -1.74. The molecule has 1 aromatic heterocycles. The molecule has 0 spiro atoms. The van der Waals surface area contributed by atoms with E-state index in [1.54, 1.807) is 22.3 Å². The van der Waals surface area contributed by atoms with Crippen molar-refractivity contribution in [2.45, 2.75) is 0 Å². The van der Waals surface area contributed by atoms with Crippen molar-refractivity contribution in [3.05, 3.63) is 46.9 Å². The van der Waals surface area contributed by atoms with Crippen LogP contribution in [0, 0.1) is 10.4 Å². The van der Waals surface area contributed by atoms with Crippen LogP contribution in [0.5, 0.6) is 0 Å². The quantitative estimate of drug-likeness (QED) is 0.746. The van der Waals surface area contributed by atoms with Gasteiger partial charge >= 0.3 is 0 Å². The van der Waals surface area contributed by atoms with Gasteiger partial charge in [0, 0.05) is 20.2 Å². The average molecular weight is 298 g/mol. The third-order valence-electron chi connectivity index (χ3n) is 2.89. The van der Waals surface area contributed by atoms with Gasteiger partial charge in [-0.1, -0.05) is 44.8 Å². The van der Waals surface area contributed by atoms with Gasteiger partial charge in [-0.15, -0.1) is 0 Å². The molecule has 0 aliphatic carbocycles. The summed E-state index contributed by atoms with van der Waals surface area (Å²) in [6, 6.07) is 4.25. The number of allylic oxidation sites excluding steroid dienone is 2.